The molecule has 20 heteroatoms. The third-order valence-electron chi connectivity index (χ3n) is 19.3. The van der Waals surface area contributed by atoms with Gasteiger partial charge in [-0.05, 0) is 117 Å². The van der Waals surface area contributed by atoms with Crippen LogP contribution < -0.4 is 0 Å². The highest BCUT2D eigenvalue weighted by Crippen LogP contribution is 2.75. The molecule has 3 heterocycles. The molecular formula is C48H72O20. The number of ketones is 1. The maximum atomic E-state index is 15.0. The fourth-order valence-corrected chi connectivity index (χ4v) is 14.8. The standard InChI is InChI=1S/C48H72O20/c1-19-25(50)26(51)31(56)39(63-19)67-35-30(55)28(53)33(38(59)60)66-41(35)68-34-29(54)27(52)32(37(57)58)65-40(34)64-24-10-11-46(6)23(43(24,2)3)9-12-48(8)36(46)22(49)17-20-21-18-45(5,42(61)62)14-13-44(21,4)15-16-47(20,48)7/h17,19,21,23-36,39-41,50-56H,9-16,18H2,1-8H3,(H,57,58)(H,59,60)(H,61,62)/t19-,21-,23-,24-,25-,26+,27-,28-,29-,30-,31+,32-,33-,34+,35+,36+,39-,40-,41-,44+,45+,46-,47+,48+/m0/s1. The largest absolute Gasteiger partial charge is 0.481 e. The minimum absolute atomic E-state index is 0.0298. The predicted octanol–water partition coefficient (Wildman–Crippen LogP) is 1.10. The van der Waals surface area contributed by atoms with Gasteiger partial charge < -0.3 is 79.5 Å². The zero-order valence-electron chi connectivity index (χ0n) is 40.0. The van der Waals surface area contributed by atoms with Crippen molar-refractivity contribution in [3.8, 4) is 0 Å². The first-order chi connectivity index (χ1) is 31.5. The molecule has 68 heavy (non-hydrogen) atoms. The van der Waals surface area contributed by atoms with Gasteiger partial charge >= 0.3 is 17.9 Å². The molecule has 0 bridgehead atoms. The number of aliphatic hydroxyl groups is 7. The molecule has 384 valence electrons. The molecule has 3 saturated heterocycles. The van der Waals surface area contributed by atoms with Crippen LogP contribution in [0.25, 0.3) is 0 Å². The van der Waals surface area contributed by atoms with Crippen LogP contribution in [0.4, 0.5) is 0 Å². The number of aliphatic hydroxyl groups excluding tert-OH is 7. The summed E-state index contributed by atoms with van der Waals surface area (Å²) >= 11 is 0. The number of allylic oxidation sites excluding steroid dienone is 2. The van der Waals surface area contributed by atoms with Gasteiger partial charge in [0.05, 0.1) is 17.6 Å². The maximum Gasteiger partial charge on any atom is 0.335 e. The van der Waals surface area contributed by atoms with Crippen LogP contribution in [-0.2, 0) is 47.6 Å². The third-order valence-corrected chi connectivity index (χ3v) is 19.3. The number of hydrogen-bond donors (Lipinski definition) is 10. The summed E-state index contributed by atoms with van der Waals surface area (Å²) in [6.45, 7) is 16.1. The van der Waals surface area contributed by atoms with E-state index in [-0.39, 0.29) is 28.4 Å². The molecule has 0 amide bonds. The van der Waals surface area contributed by atoms with Crippen LogP contribution in [0.15, 0.2) is 11.6 Å². The van der Waals surface area contributed by atoms with Crippen molar-refractivity contribution in [3.05, 3.63) is 11.6 Å². The minimum Gasteiger partial charge on any atom is -0.481 e. The van der Waals surface area contributed by atoms with Gasteiger partial charge in [-0.1, -0.05) is 47.1 Å². The van der Waals surface area contributed by atoms with Crippen LogP contribution in [0.2, 0.25) is 0 Å². The molecule has 8 aliphatic rings. The first kappa shape index (κ1) is 51.6. The molecule has 0 aromatic rings. The van der Waals surface area contributed by atoms with Crippen molar-refractivity contribution in [1.82, 2.24) is 0 Å². The smallest absolute Gasteiger partial charge is 0.335 e. The van der Waals surface area contributed by atoms with Gasteiger partial charge in [0.1, 0.15) is 54.9 Å². The summed E-state index contributed by atoms with van der Waals surface area (Å²) < 4.78 is 35.6. The Morgan fingerprint density at radius 1 is 0.618 bits per heavy atom. The Bertz CT molecular complexity index is 2030. The van der Waals surface area contributed by atoms with Crippen LogP contribution in [0.3, 0.4) is 0 Å². The van der Waals surface area contributed by atoms with Gasteiger partial charge in [0, 0.05) is 5.92 Å². The average Bonchev–Trinajstić information content (AvgIpc) is 3.25. The Morgan fingerprint density at radius 3 is 1.72 bits per heavy atom. The molecule has 0 unspecified atom stereocenters. The number of carbonyl (C=O) groups excluding carboxylic acids is 1. The van der Waals surface area contributed by atoms with E-state index in [9.17, 15) is 70.2 Å². The van der Waals surface area contributed by atoms with Gasteiger partial charge in [-0.15, -0.1) is 0 Å². The molecule has 10 N–H and O–H groups in total. The van der Waals surface area contributed by atoms with E-state index >= 15 is 0 Å². The Balaban J connectivity index is 1.08. The van der Waals surface area contributed by atoms with Crippen LogP contribution in [0.5, 0.6) is 0 Å². The highest BCUT2D eigenvalue weighted by atomic mass is 16.8. The maximum absolute atomic E-state index is 15.0. The van der Waals surface area contributed by atoms with Crippen molar-refractivity contribution in [2.75, 3.05) is 0 Å². The molecule has 8 rings (SSSR count). The topological polar surface area (TPSA) is 326 Å². The summed E-state index contributed by atoms with van der Waals surface area (Å²) in [5, 5.41) is 107. The Morgan fingerprint density at radius 2 is 1.16 bits per heavy atom. The minimum atomic E-state index is -2.17. The molecule has 5 aliphatic carbocycles. The Labute approximate surface area is 394 Å². The average molecular weight is 969 g/mol. The second-order valence-corrected chi connectivity index (χ2v) is 23.4. The van der Waals surface area contributed by atoms with E-state index in [1.54, 1.807) is 0 Å². The number of aliphatic carboxylic acids is 3. The third kappa shape index (κ3) is 7.82. The van der Waals surface area contributed by atoms with Crippen molar-refractivity contribution < 1.29 is 98.7 Å². The first-order valence-corrected chi connectivity index (χ1v) is 24.1. The molecule has 3 aliphatic heterocycles. The van der Waals surface area contributed by atoms with E-state index in [4.69, 9.17) is 28.4 Å². The van der Waals surface area contributed by atoms with Crippen molar-refractivity contribution in [3.63, 3.8) is 0 Å². The van der Waals surface area contributed by atoms with Gasteiger partial charge in [0.15, 0.2) is 36.9 Å². The van der Waals surface area contributed by atoms with Crippen LogP contribution >= 0.6 is 0 Å². The number of carboxylic acids is 3. The predicted molar refractivity (Wildman–Crippen MR) is 231 cm³/mol. The van der Waals surface area contributed by atoms with Crippen LogP contribution in [-0.4, -0.2) is 173 Å². The molecule has 24 atom stereocenters. The van der Waals surface area contributed by atoms with Crippen LogP contribution in [0, 0.1) is 50.2 Å². The van der Waals surface area contributed by atoms with E-state index in [1.807, 2.05) is 26.8 Å². The van der Waals surface area contributed by atoms with Gasteiger partial charge in [0.25, 0.3) is 0 Å². The van der Waals surface area contributed by atoms with Crippen LogP contribution in [0.1, 0.15) is 113 Å². The quantitative estimate of drug-likeness (QED) is 0.145. The number of hydrogen-bond acceptors (Lipinski definition) is 17. The second kappa shape index (κ2) is 17.5. The fraction of sp³-hybridized carbons (Fsp3) is 0.875. The van der Waals surface area contributed by atoms with Crippen molar-refractivity contribution >= 4 is 23.7 Å². The lowest BCUT2D eigenvalue weighted by molar-refractivity contribution is -0.392. The summed E-state index contributed by atoms with van der Waals surface area (Å²) in [7, 11) is 0. The van der Waals surface area contributed by atoms with Gasteiger partial charge in [0.2, 0.25) is 0 Å². The van der Waals surface area contributed by atoms with Crippen molar-refractivity contribution in [2.24, 2.45) is 50.2 Å². The Kier molecular flexibility index (Phi) is 13.3. The number of carboxylic acid groups (broad SMARTS) is 3. The summed E-state index contributed by atoms with van der Waals surface area (Å²) in [5.41, 5.74) is -2.14. The molecule has 0 radical (unpaired) electrons. The summed E-state index contributed by atoms with van der Waals surface area (Å²) in [6.07, 6.45) is -21.9. The van der Waals surface area contributed by atoms with Crippen molar-refractivity contribution in [2.45, 2.75) is 211 Å². The van der Waals surface area contributed by atoms with E-state index in [0.29, 0.717) is 38.5 Å². The molecule has 20 nitrogen and oxygen atoms in total. The highest BCUT2D eigenvalue weighted by Gasteiger charge is 2.71. The van der Waals surface area contributed by atoms with Gasteiger partial charge in [-0.2, -0.15) is 0 Å². The number of ether oxygens (including phenoxy) is 6. The van der Waals surface area contributed by atoms with E-state index in [1.165, 1.54) is 6.92 Å². The van der Waals surface area contributed by atoms with E-state index in [2.05, 4.69) is 27.7 Å². The molecule has 0 spiro atoms. The Hall–Kier alpha value is -2.70. The highest BCUT2D eigenvalue weighted by molar-refractivity contribution is 5.95. The molecular weight excluding hydrogens is 897 g/mol. The fourth-order valence-electron chi connectivity index (χ4n) is 14.8. The first-order valence-electron chi connectivity index (χ1n) is 24.1. The molecule has 0 aromatic heterocycles. The lowest BCUT2D eigenvalue weighted by Gasteiger charge is -2.70. The monoisotopic (exact) mass is 968 g/mol. The van der Waals surface area contributed by atoms with Crippen molar-refractivity contribution in [1.29, 1.82) is 0 Å². The normalized spacial score (nSPS) is 53.4. The SMILES string of the molecule is C[C@@H]1O[C@@H](O[C@H]2[C@H](O[C@H]3[C@@H](O[C@H]4CC[C@]5(C)[C@H]6C(=O)C=C7[C@@H]8C[C@](C)(C(=O)O)CC[C@]8(C)CC[C@@]7(C)[C@]6(C)CC[C@H]5C4(C)C)O[C@H](C(=O)O)[C@@H](O)[C@@H]3O)O[C@H](C(=O)O)[C@@H](O)[C@@H]2O)[C@H](O)[C@H](O)[C@H]1O. The van der Waals surface area contributed by atoms with Gasteiger partial charge in [-0.25, -0.2) is 9.59 Å². The summed E-state index contributed by atoms with van der Waals surface area (Å²) in [6, 6.07) is 0. The summed E-state index contributed by atoms with van der Waals surface area (Å²) in [4.78, 5) is 52.3. The number of fused-ring (bicyclic) bond motifs is 7. The molecule has 4 saturated carbocycles. The second-order valence-electron chi connectivity index (χ2n) is 23.4. The van der Waals surface area contributed by atoms with E-state index in [0.717, 1.165) is 24.8 Å². The zero-order chi connectivity index (χ0) is 50.2. The number of rotatable bonds is 9. The summed E-state index contributed by atoms with van der Waals surface area (Å²) in [5.74, 6) is -4.79. The molecule has 0 aromatic carbocycles. The zero-order valence-corrected chi connectivity index (χ0v) is 40.0. The lowest BCUT2D eigenvalue weighted by Crippen LogP contribution is -2.68. The number of carbonyl (C=O) groups is 4. The van der Waals surface area contributed by atoms with Gasteiger partial charge in [-0.3, -0.25) is 9.59 Å². The lowest BCUT2D eigenvalue weighted by atomic mass is 9.33. The molecule has 7 fully saturated rings. The van der Waals surface area contributed by atoms with E-state index < -0.39 is 144 Å².